The number of likely N-dealkylation sites (tertiary alicyclic amines) is 1. The predicted molar refractivity (Wildman–Crippen MR) is 79.1 cm³/mol. The van der Waals surface area contributed by atoms with Crippen LogP contribution >= 0.6 is 0 Å². The minimum atomic E-state index is 0.0905. The van der Waals surface area contributed by atoms with Gasteiger partial charge in [0.1, 0.15) is 0 Å². The van der Waals surface area contributed by atoms with E-state index in [0.717, 1.165) is 19.0 Å². The van der Waals surface area contributed by atoms with Crippen LogP contribution in [0.1, 0.15) is 64.7 Å². The molecule has 110 valence electrons. The molecule has 2 aliphatic rings. The zero-order chi connectivity index (χ0) is 13.7. The van der Waals surface area contributed by atoms with Crippen LogP contribution in [0.2, 0.25) is 0 Å². The highest BCUT2D eigenvalue weighted by Crippen LogP contribution is 2.31. The van der Waals surface area contributed by atoms with Crippen LogP contribution in [0.15, 0.2) is 0 Å². The van der Waals surface area contributed by atoms with E-state index in [4.69, 9.17) is 0 Å². The first-order valence-corrected chi connectivity index (χ1v) is 8.12. The van der Waals surface area contributed by atoms with E-state index < -0.39 is 0 Å². The third kappa shape index (κ3) is 3.95. The van der Waals surface area contributed by atoms with Crippen LogP contribution < -0.4 is 5.32 Å². The van der Waals surface area contributed by atoms with Crippen LogP contribution in [0.25, 0.3) is 0 Å². The minimum Gasteiger partial charge on any atom is -0.343 e. The second-order valence-electron chi connectivity index (χ2n) is 6.68. The summed E-state index contributed by atoms with van der Waals surface area (Å²) in [6, 6.07) is 0. The summed E-state index contributed by atoms with van der Waals surface area (Å²) in [6.45, 7) is 4.26. The van der Waals surface area contributed by atoms with Crippen LogP contribution in [-0.4, -0.2) is 36.5 Å². The second kappa shape index (κ2) is 6.74. The molecule has 0 aromatic heterocycles. The number of hydrogen-bond acceptors (Lipinski definition) is 2. The molecule has 1 atom stereocenters. The molecule has 1 unspecified atom stereocenters. The third-order valence-corrected chi connectivity index (χ3v) is 5.20. The molecule has 1 amide bonds. The molecule has 1 aliphatic heterocycles. The van der Waals surface area contributed by atoms with Gasteiger partial charge in [-0.15, -0.1) is 0 Å². The first kappa shape index (κ1) is 14.8. The fraction of sp³-hybridized carbons (Fsp3) is 0.938. The topological polar surface area (TPSA) is 32.3 Å². The molecule has 2 fully saturated rings. The van der Waals surface area contributed by atoms with E-state index in [0.29, 0.717) is 12.3 Å². The van der Waals surface area contributed by atoms with Crippen molar-refractivity contribution in [1.82, 2.24) is 10.2 Å². The normalized spacial score (nSPS) is 27.9. The largest absolute Gasteiger partial charge is 0.343 e. The van der Waals surface area contributed by atoms with Gasteiger partial charge >= 0.3 is 0 Å². The standard InChI is InChI=1S/C16H30N2O/c1-14-7-6-11-18(12-8-14)15(19)13-16(17-2)9-4-3-5-10-16/h14,17H,3-13H2,1-2H3. The molecule has 1 aliphatic carbocycles. The Balaban J connectivity index is 1.91. The molecule has 1 N–H and O–H groups in total. The van der Waals surface area contributed by atoms with Gasteiger partial charge < -0.3 is 10.2 Å². The lowest BCUT2D eigenvalue weighted by Gasteiger charge is -2.38. The zero-order valence-electron chi connectivity index (χ0n) is 12.7. The lowest BCUT2D eigenvalue weighted by molar-refractivity contribution is -0.133. The smallest absolute Gasteiger partial charge is 0.224 e. The van der Waals surface area contributed by atoms with E-state index in [2.05, 4.69) is 17.1 Å². The Morgan fingerprint density at radius 1 is 1.16 bits per heavy atom. The van der Waals surface area contributed by atoms with Gasteiger partial charge in [-0.3, -0.25) is 4.79 Å². The molecule has 0 spiro atoms. The highest BCUT2D eigenvalue weighted by atomic mass is 16.2. The minimum absolute atomic E-state index is 0.0905. The van der Waals surface area contributed by atoms with Crippen LogP contribution in [0.3, 0.4) is 0 Å². The molecule has 0 aromatic carbocycles. The summed E-state index contributed by atoms with van der Waals surface area (Å²) in [6.07, 6.45) is 10.5. The van der Waals surface area contributed by atoms with Crippen LogP contribution in [0, 0.1) is 5.92 Å². The van der Waals surface area contributed by atoms with E-state index in [1.165, 1.54) is 51.4 Å². The monoisotopic (exact) mass is 266 g/mol. The summed E-state index contributed by atoms with van der Waals surface area (Å²) in [5, 5.41) is 3.46. The molecule has 3 nitrogen and oxygen atoms in total. The first-order chi connectivity index (χ1) is 9.15. The molecule has 0 bridgehead atoms. The Morgan fingerprint density at radius 3 is 2.58 bits per heavy atom. The van der Waals surface area contributed by atoms with Gasteiger partial charge in [-0.05, 0) is 45.1 Å². The van der Waals surface area contributed by atoms with Crippen LogP contribution in [0.4, 0.5) is 0 Å². The second-order valence-corrected chi connectivity index (χ2v) is 6.68. The molecule has 1 saturated heterocycles. The van der Waals surface area contributed by atoms with Crippen LogP contribution in [-0.2, 0) is 4.79 Å². The van der Waals surface area contributed by atoms with Gasteiger partial charge in [-0.2, -0.15) is 0 Å². The molecule has 2 rings (SSSR count). The Labute approximate surface area is 118 Å². The van der Waals surface area contributed by atoms with E-state index in [1.54, 1.807) is 0 Å². The summed E-state index contributed by atoms with van der Waals surface area (Å²) in [4.78, 5) is 14.7. The Morgan fingerprint density at radius 2 is 1.89 bits per heavy atom. The van der Waals surface area contributed by atoms with Gasteiger partial charge in [0.2, 0.25) is 5.91 Å². The average Bonchev–Trinajstić information content (AvgIpc) is 2.64. The van der Waals surface area contributed by atoms with Gasteiger partial charge in [-0.25, -0.2) is 0 Å². The Kier molecular flexibility index (Phi) is 5.26. The number of hydrogen-bond donors (Lipinski definition) is 1. The Hall–Kier alpha value is -0.570. The molecule has 1 saturated carbocycles. The molecule has 0 aromatic rings. The van der Waals surface area contributed by atoms with Gasteiger partial charge in [0.15, 0.2) is 0 Å². The highest BCUT2D eigenvalue weighted by molar-refractivity contribution is 5.77. The van der Waals surface area contributed by atoms with Crippen molar-refractivity contribution in [1.29, 1.82) is 0 Å². The number of nitrogens with zero attached hydrogens (tertiary/aromatic N) is 1. The van der Waals surface area contributed by atoms with Crippen molar-refractivity contribution >= 4 is 5.91 Å². The Bertz CT molecular complexity index is 297. The number of carbonyl (C=O) groups excluding carboxylic acids is 1. The molecule has 3 heteroatoms. The maximum atomic E-state index is 12.6. The van der Waals surface area contributed by atoms with Crippen molar-refractivity contribution < 1.29 is 4.79 Å². The number of nitrogens with one attached hydrogen (secondary N) is 1. The molecule has 19 heavy (non-hydrogen) atoms. The van der Waals surface area contributed by atoms with E-state index in [1.807, 2.05) is 7.05 Å². The summed E-state index contributed by atoms with van der Waals surface area (Å²) in [5.74, 6) is 1.16. The van der Waals surface area contributed by atoms with E-state index >= 15 is 0 Å². The summed E-state index contributed by atoms with van der Waals surface area (Å²) in [7, 11) is 2.03. The fourth-order valence-electron chi connectivity index (χ4n) is 3.66. The molecular formula is C16H30N2O. The van der Waals surface area contributed by atoms with Crippen molar-refractivity contribution in [2.24, 2.45) is 5.92 Å². The number of carbonyl (C=O) groups is 1. The summed E-state index contributed by atoms with van der Waals surface area (Å²) < 4.78 is 0. The maximum absolute atomic E-state index is 12.6. The van der Waals surface area contributed by atoms with Crippen molar-refractivity contribution in [3.8, 4) is 0 Å². The molecule has 1 heterocycles. The van der Waals surface area contributed by atoms with E-state index in [9.17, 15) is 4.79 Å². The van der Waals surface area contributed by atoms with E-state index in [-0.39, 0.29) is 5.54 Å². The lowest BCUT2D eigenvalue weighted by Crippen LogP contribution is -2.49. The predicted octanol–water partition coefficient (Wildman–Crippen LogP) is 2.95. The lowest BCUT2D eigenvalue weighted by atomic mass is 9.79. The fourth-order valence-corrected chi connectivity index (χ4v) is 3.66. The van der Waals surface area contributed by atoms with Gasteiger partial charge in [-0.1, -0.05) is 26.2 Å². The molecule has 0 radical (unpaired) electrons. The maximum Gasteiger partial charge on any atom is 0.224 e. The number of amides is 1. The highest BCUT2D eigenvalue weighted by Gasteiger charge is 2.34. The molecular weight excluding hydrogens is 236 g/mol. The van der Waals surface area contributed by atoms with Gasteiger partial charge in [0.05, 0.1) is 0 Å². The van der Waals surface area contributed by atoms with Crippen molar-refractivity contribution in [3.05, 3.63) is 0 Å². The zero-order valence-corrected chi connectivity index (χ0v) is 12.7. The van der Waals surface area contributed by atoms with Crippen molar-refractivity contribution in [2.45, 2.75) is 70.3 Å². The van der Waals surface area contributed by atoms with Crippen LogP contribution in [0.5, 0.6) is 0 Å². The SMILES string of the molecule is CNC1(CC(=O)N2CCCC(C)CC2)CCCCC1. The number of rotatable bonds is 3. The third-order valence-electron chi connectivity index (χ3n) is 5.20. The quantitative estimate of drug-likeness (QED) is 0.852. The summed E-state index contributed by atoms with van der Waals surface area (Å²) in [5.41, 5.74) is 0.0905. The van der Waals surface area contributed by atoms with Gasteiger partial charge in [0.25, 0.3) is 0 Å². The first-order valence-electron chi connectivity index (χ1n) is 8.12. The van der Waals surface area contributed by atoms with Crippen molar-refractivity contribution in [3.63, 3.8) is 0 Å². The van der Waals surface area contributed by atoms with Gasteiger partial charge in [0, 0.05) is 25.0 Å². The summed E-state index contributed by atoms with van der Waals surface area (Å²) >= 11 is 0. The average molecular weight is 266 g/mol. The van der Waals surface area contributed by atoms with Crippen molar-refractivity contribution in [2.75, 3.05) is 20.1 Å².